The van der Waals surface area contributed by atoms with Gasteiger partial charge in [-0.3, -0.25) is 19.3 Å². The monoisotopic (exact) mass is 267 g/mol. The van der Waals surface area contributed by atoms with Crippen LogP contribution in [0.4, 0.5) is 0 Å². The van der Waals surface area contributed by atoms with E-state index in [2.05, 4.69) is 11.9 Å². The molecule has 106 valence electrons. The third kappa shape index (κ3) is 5.65. The van der Waals surface area contributed by atoms with Gasteiger partial charge >= 0.3 is 0 Å². The molecule has 1 rings (SSSR count). The molecule has 1 fully saturated rings. The minimum atomic E-state index is -0.122. The number of rotatable bonds is 6. The Balaban J connectivity index is 2.28. The number of amides is 2. The van der Waals surface area contributed by atoms with Crippen molar-refractivity contribution >= 4 is 17.6 Å². The van der Waals surface area contributed by atoms with E-state index >= 15 is 0 Å². The number of hydrogen-bond acceptors (Lipinski definition) is 4. The zero-order chi connectivity index (χ0) is 14.3. The van der Waals surface area contributed by atoms with Crippen LogP contribution in [0.15, 0.2) is 12.7 Å². The standard InChI is InChI=1S/C13H21N3O3/c1-3-4-14-12(18)10-15-5-7-16(8-6-15)13(19)9-11(2)17/h3H,1,4-10H2,2H3,(H,14,18). The molecule has 0 aromatic rings. The summed E-state index contributed by atoms with van der Waals surface area (Å²) in [6.07, 6.45) is 1.61. The number of carbonyl (C=O) groups excluding carboxylic acids is 3. The molecule has 6 nitrogen and oxygen atoms in total. The first-order chi connectivity index (χ1) is 9.02. The Morgan fingerprint density at radius 1 is 1.21 bits per heavy atom. The molecule has 2 amide bonds. The SMILES string of the molecule is C=CCNC(=O)CN1CCN(C(=O)CC(C)=O)CC1. The van der Waals surface area contributed by atoms with E-state index in [1.54, 1.807) is 11.0 Å². The van der Waals surface area contributed by atoms with Crippen LogP contribution in [-0.2, 0) is 14.4 Å². The highest BCUT2D eigenvalue weighted by Crippen LogP contribution is 2.03. The van der Waals surface area contributed by atoms with Gasteiger partial charge in [-0.15, -0.1) is 6.58 Å². The fourth-order valence-electron chi connectivity index (χ4n) is 1.93. The molecule has 0 spiro atoms. The highest BCUT2D eigenvalue weighted by atomic mass is 16.2. The maximum Gasteiger partial charge on any atom is 0.234 e. The van der Waals surface area contributed by atoms with Crippen LogP contribution in [0.2, 0.25) is 0 Å². The Kier molecular flexibility index (Phi) is 6.21. The molecule has 1 N–H and O–H groups in total. The van der Waals surface area contributed by atoms with Gasteiger partial charge in [-0.1, -0.05) is 6.08 Å². The molecule has 0 bridgehead atoms. The molecule has 1 heterocycles. The zero-order valence-corrected chi connectivity index (χ0v) is 11.4. The number of nitrogens with zero attached hydrogens (tertiary/aromatic N) is 2. The van der Waals surface area contributed by atoms with E-state index in [4.69, 9.17) is 0 Å². The molecule has 0 aromatic carbocycles. The number of carbonyl (C=O) groups is 3. The van der Waals surface area contributed by atoms with E-state index in [-0.39, 0.29) is 24.0 Å². The van der Waals surface area contributed by atoms with Crippen LogP contribution in [0.1, 0.15) is 13.3 Å². The summed E-state index contributed by atoms with van der Waals surface area (Å²) in [7, 11) is 0. The van der Waals surface area contributed by atoms with Gasteiger partial charge in [0.2, 0.25) is 11.8 Å². The first-order valence-corrected chi connectivity index (χ1v) is 6.40. The summed E-state index contributed by atoms with van der Waals surface area (Å²) in [5.74, 6) is -0.275. The van der Waals surface area contributed by atoms with Gasteiger partial charge in [0.15, 0.2) is 0 Å². The van der Waals surface area contributed by atoms with Crippen LogP contribution >= 0.6 is 0 Å². The van der Waals surface area contributed by atoms with Gasteiger partial charge in [0.05, 0.1) is 13.0 Å². The molecule has 0 saturated carbocycles. The normalized spacial score (nSPS) is 15.9. The van der Waals surface area contributed by atoms with Crippen LogP contribution in [0.25, 0.3) is 0 Å². The molecule has 1 aliphatic rings. The van der Waals surface area contributed by atoms with Crippen molar-refractivity contribution in [2.24, 2.45) is 0 Å². The smallest absolute Gasteiger partial charge is 0.234 e. The van der Waals surface area contributed by atoms with Crippen LogP contribution in [0.5, 0.6) is 0 Å². The van der Waals surface area contributed by atoms with Crippen molar-refractivity contribution in [1.29, 1.82) is 0 Å². The largest absolute Gasteiger partial charge is 0.352 e. The van der Waals surface area contributed by atoms with Gasteiger partial charge in [0.1, 0.15) is 5.78 Å². The molecule has 0 unspecified atom stereocenters. The number of ketones is 1. The molecule has 0 aromatic heterocycles. The molecule has 1 aliphatic heterocycles. The average molecular weight is 267 g/mol. The summed E-state index contributed by atoms with van der Waals surface area (Å²) < 4.78 is 0. The number of Topliss-reactive ketones (excluding diaryl/α,β-unsaturated/α-hetero) is 1. The molecule has 1 saturated heterocycles. The fourth-order valence-corrected chi connectivity index (χ4v) is 1.93. The van der Waals surface area contributed by atoms with E-state index in [1.807, 2.05) is 4.90 Å². The highest BCUT2D eigenvalue weighted by Gasteiger charge is 2.22. The molecule has 0 aliphatic carbocycles. The van der Waals surface area contributed by atoms with Gasteiger partial charge in [-0.25, -0.2) is 0 Å². The van der Waals surface area contributed by atoms with Crippen molar-refractivity contribution in [3.8, 4) is 0 Å². The highest BCUT2D eigenvalue weighted by molar-refractivity contribution is 5.96. The lowest BCUT2D eigenvalue weighted by Crippen LogP contribution is -2.51. The number of piperazine rings is 1. The fraction of sp³-hybridized carbons (Fsp3) is 0.615. The van der Waals surface area contributed by atoms with Crippen LogP contribution in [0.3, 0.4) is 0 Å². The third-order valence-electron chi connectivity index (χ3n) is 2.94. The lowest BCUT2D eigenvalue weighted by molar-refractivity contribution is -0.136. The predicted octanol–water partition coefficient (Wildman–Crippen LogP) is -0.588. The lowest BCUT2D eigenvalue weighted by Gasteiger charge is -2.34. The molecular formula is C13H21N3O3. The molecule has 0 atom stereocenters. The molecule has 0 radical (unpaired) electrons. The van der Waals surface area contributed by atoms with Crippen molar-refractivity contribution in [3.63, 3.8) is 0 Å². The van der Waals surface area contributed by atoms with E-state index in [0.717, 1.165) is 0 Å². The maximum absolute atomic E-state index is 11.7. The Bertz CT molecular complexity index is 360. The van der Waals surface area contributed by atoms with Gasteiger partial charge in [0.25, 0.3) is 0 Å². The van der Waals surface area contributed by atoms with E-state index in [0.29, 0.717) is 39.3 Å². The first kappa shape index (κ1) is 15.4. The summed E-state index contributed by atoms with van der Waals surface area (Å²) >= 11 is 0. The van der Waals surface area contributed by atoms with E-state index in [9.17, 15) is 14.4 Å². The number of hydrogen-bond donors (Lipinski definition) is 1. The zero-order valence-electron chi connectivity index (χ0n) is 11.4. The first-order valence-electron chi connectivity index (χ1n) is 6.40. The minimum Gasteiger partial charge on any atom is -0.352 e. The summed E-state index contributed by atoms with van der Waals surface area (Å²) in [5, 5.41) is 2.72. The van der Waals surface area contributed by atoms with Crippen molar-refractivity contribution in [2.45, 2.75) is 13.3 Å². The van der Waals surface area contributed by atoms with E-state index < -0.39 is 0 Å². The number of nitrogens with one attached hydrogen (secondary N) is 1. The summed E-state index contributed by atoms with van der Waals surface area (Å²) in [6.45, 7) is 8.21. The average Bonchev–Trinajstić information content (AvgIpc) is 2.36. The third-order valence-corrected chi connectivity index (χ3v) is 2.94. The van der Waals surface area contributed by atoms with Crippen LogP contribution in [-0.4, -0.2) is 66.7 Å². The van der Waals surface area contributed by atoms with Crippen molar-refractivity contribution in [2.75, 3.05) is 39.3 Å². The summed E-state index contributed by atoms with van der Waals surface area (Å²) in [6, 6.07) is 0. The van der Waals surface area contributed by atoms with E-state index in [1.165, 1.54) is 6.92 Å². The van der Waals surface area contributed by atoms with Gasteiger partial charge in [-0.05, 0) is 6.92 Å². The second kappa shape index (κ2) is 7.68. The van der Waals surface area contributed by atoms with Gasteiger partial charge < -0.3 is 10.2 Å². The lowest BCUT2D eigenvalue weighted by atomic mass is 10.2. The predicted molar refractivity (Wildman–Crippen MR) is 71.5 cm³/mol. The topological polar surface area (TPSA) is 69.7 Å². The quantitative estimate of drug-likeness (QED) is 0.516. The Morgan fingerprint density at radius 2 is 1.84 bits per heavy atom. The summed E-state index contributed by atoms with van der Waals surface area (Å²) in [5.41, 5.74) is 0. The second-order valence-electron chi connectivity index (χ2n) is 4.63. The van der Waals surface area contributed by atoms with Crippen molar-refractivity contribution in [3.05, 3.63) is 12.7 Å². The maximum atomic E-state index is 11.7. The van der Waals surface area contributed by atoms with Gasteiger partial charge in [0, 0.05) is 32.7 Å². The Hall–Kier alpha value is -1.69. The van der Waals surface area contributed by atoms with Crippen molar-refractivity contribution in [1.82, 2.24) is 15.1 Å². The Labute approximate surface area is 113 Å². The second-order valence-corrected chi connectivity index (χ2v) is 4.63. The van der Waals surface area contributed by atoms with Gasteiger partial charge in [-0.2, -0.15) is 0 Å². The van der Waals surface area contributed by atoms with Crippen molar-refractivity contribution < 1.29 is 14.4 Å². The molecule has 19 heavy (non-hydrogen) atoms. The van der Waals surface area contributed by atoms with Crippen LogP contribution in [0, 0.1) is 0 Å². The molecule has 6 heteroatoms. The minimum absolute atomic E-state index is 0.0280. The summed E-state index contributed by atoms with van der Waals surface area (Å²) in [4.78, 5) is 37.7. The Morgan fingerprint density at radius 3 is 2.37 bits per heavy atom. The molecular weight excluding hydrogens is 246 g/mol. The van der Waals surface area contributed by atoms with Crippen LogP contribution < -0.4 is 5.32 Å².